The molecule has 3 heterocycles. The van der Waals surface area contributed by atoms with Gasteiger partial charge in [-0.3, -0.25) is 4.90 Å². The van der Waals surface area contributed by atoms with Crippen LogP contribution in [0.5, 0.6) is 0 Å². The van der Waals surface area contributed by atoms with E-state index in [0.717, 1.165) is 43.9 Å². The van der Waals surface area contributed by atoms with Crippen LogP contribution in [0.1, 0.15) is 53.4 Å². The highest BCUT2D eigenvalue weighted by atomic mass is 16.7. The lowest BCUT2D eigenvalue weighted by atomic mass is 9.81. The molecular weight excluding hydrogens is 355 g/mol. The Morgan fingerprint density at radius 2 is 1.75 bits per heavy atom. The van der Waals surface area contributed by atoms with Gasteiger partial charge in [-0.15, -0.1) is 0 Å². The molecule has 0 amide bonds. The number of aromatic nitrogens is 2. The van der Waals surface area contributed by atoms with Gasteiger partial charge in [-0.1, -0.05) is 0 Å². The zero-order valence-corrected chi connectivity index (χ0v) is 17.6. The maximum absolute atomic E-state index is 9.29. The third-order valence-electron chi connectivity index (χ3n) is 6.65. The molecule has 8 heteroatoms. The lowest BCUT2D eigenvalue weighted by molar-refractivity contribution is 0.00578. The van der Waals surface area contributed by atoms with Crippen LogP contribution in [0.3, 0.4) is 0 Å². The first-order valence-electron chi connectivity index (χ1n) is 10.6. The summed E-state index contributed by atoms with van der Waals surface area (Å²) in [6, 6.07) is 0.956. The first kappa shape index (κ1) is 20.1. The summed E-state index contributed by atoms with van der Waals surface area (Å²) in [6.45, 7) is 11.2. The third-order valence-corrected chi connectivity index (χ3v) is 6.65. The molecule has 1 atom stereocenters. The van der Waals surface area contributed by atoms with E-state index in [1.807, 2.05) is 12.4 Å². The molecule has 2 saturated heterocycles. The lowest BCUT2D eigenvalue weighted by Gasteiger charge is -2.39. The van der Waals surface area contributed by atoms with Crippen molar-refractivity contribution in [3.05, 3.63) is 12.4 Å². The first-order chi connectivity index (χ1) is 13.3. The molecule has 1 aromatic rings. The Balaban J connectivity index is 1.49. The van der Waals surface area contributed by atoms with Crippen molar-refractivity contribution in [1.82, 2.24) is 14.9 Å². The van der Waals surface area contributed by atoms with Crippen molar-refractivity contribution >= 4 is 18.5 Å². The number of rotatable bonds is 6. The molecular formula is C20H33BN4O3. The maximum Gasteiger partial charge on any atom is 0.498 e. The second-order valence-corrected chi connectivity index (χ2v) is 9.36. The molecule has 0 radical (unpaired) electrons. The average Bonchev–Trinajstić information content (AvgIpc) is 3.43. The fraction of sp³-hybridized carbons (Fsp3) is 0.800. The van der Waals surface area contributed by atoms with Crippen LogP contribution >= 0.6 is 0 Å². The van der Waals surface area contributed by atoms with Crippen LogP contribution in [0.15, 0.2) is 12.4 Å². The van der Waals surface area contributed by atoms with E-state index in [-0.39, 0.29) is 17.8 Å². The monoisotopic (exact) mass is 388 g/mol. The minimum Gasteiger partial charge on any atom is -0.399 e. The zero-order chi connectivity index (χ0) is 19.9. The number of hydrogen-bond donors (Lipinski definition) is 1. The van der Waals surface area contributed by atoms with Crippen molar-refractivity contribution in [3.8, 4) is 0 Å². The summed E-state index contributed by atoms with van der Waals surface area (Å²) >= 11 is 0. The van der Waals surface area contributed by atoms with Gasteiger partial charge in [-0.25, -0.2) is 9.97 Å². The van der Waals surface area contributed by atoms with Gasteiger partial charge < -0.3 is 19.3 Å². The number of nitrogens with zero attached hydrogens (tertiary/aromatic N) is 4. The van der Waals surface area contributed by atoms with Gasteiger partial charge in [0.05, 0.1) is 17.8 Å². The number of aliphatic hydroxyl groups excluding tert-OH is 1. The van der Waals surface area contributed by atoms with Crippen LogP contribution in [0.25, 0.3) is 0 Å². The predicted molar refractivity (Wildman–Crippen MR) is 110 cm³/mol. The van der Waals surface area contributed by atoms with Crippen LogP contribution in [-0.2, 0) is 9.31 Å². The van der Waals surface area contributed by atoms with E-state index in [2.05, 4.69) is 37.5 Å². The molecule has 0 aromatic carbocycles. The smallest absolute Gasteiger partial charge is 0.399 e. The number of β-amino-alcohol motifs (C(OH)–C–C–N with tert-alkyl or cyclic N) is 1. The van der Waals surface area contributed by atoms with E-state index < -0.39 is 7.12 Å². The number of piperidine rings is 1. The van der Waals surface area contributed by atoms with Crippen molar-refractivity contribution in [2.45, 2.75) is 76.7 Å². The Labute approximate surface area is 168 Å². The summed E-state index contributed by atoms with van der Waals surface area (Å²) in [4.78, 5) is 14.2. The number of hydrogen-bond acceptors (Lipinski definition) is 7. The van der Waals surface area contributed by atoms with Crippen molar-refractivity contribution in [2.24, 2.45) is 0 Å². The number of anilines is 1. The van der Waals surface area contributed by atoms with Crippen LogP contribution < -0.4 is 10.4 Å². The number of aliphatic hydroxyl groups is 1. The fourth-order valence-corrected chi connectivity index (χ4v) is 4.15. The second-order valence-electron chi connectivity index (χ2n) is 9.36. The quantitative estimate of drug-likeness (QED) is 0.735. The molecule has 3 fully saturated rings. The third kappa shape index (κ3) is 3.92. The highest BCUT2D eigenvalue weighted by Crippen LogP contribution is 2.37. The maximum atomic E-state index is 9.29. The van der Waals surface area contributed by atoms with Crippen LogP contribution in [0.2, 0.25) is 0 Å². The average molecular weight is 388 g/mol. The molecule has 7 nitrogen and oxygen atoms in total. The minimum absolute atomic E-state index is 0.218. The molecule has 4 rings (SSSR count). The van der Waals surface area contributed by atoms with Crippen LogP contribution in [0.4, 0.5) is 5.95 Å². The summed E-state index contributed by atoms with van der Waals surface area (Å²) in [5.41, 5.74) is 0.132. The van der Waals surface area contributed by atoms with E-state index in [0.29, 0.717) is 12.1 Å². The molecule has 0 spiro atoms. The van der Waals surface area contributed by atoms with E-state index >= 15 is 0 Å². The van der Waals surface area contributed by atoms with Gasteiger partial charge in [0.15, 0.2) is 0 Å². The molecule has 0 bridgehead atoms. The van der Waals surface area contributed by atoms with E-state index in [4.69, 9.17) is 19.3 Å². The molecule has 1 unspecified atom stereocenters. The molecule has 28 heavy (non-hydrogen) atoms. The van der Waals surface area contributed by atoms with E-state index in [1.54, 1.807) is 0 Å². The van der Waals surface area contributed by atoms with Gasteiger partial charge in [0, 0.05) is 43.0 Å². The Morgan fingerprint density at radius 1 is 1.11 bits per heavy atom. The first-order valence-corrected chi connectivity index (χ1v) is 10.6. The number of likely N-dealkylation sites (tertiary alicyclic amines) is 1. The summed E-state index contributed by atoms with van der Waals surface area (Å²) < 4.78 is 12.2. The molecule has 154 valence electrons. The predicted octanol–water partition coefficient (Wildman–Crippen LogP) is 1.20. The Bertz CT molecular complexity index is 663. The van der Waals surface area contributed by atoms with Crippen LogP contribution in [0, 0.1) is 0 Å². The summed E-state index contributed by atoms with van der Waals surface area (Å²) in [5, 5.41) is 9.29. The van der Waals surface area contributed by atoms with Gasteiger partial charge in [0.1, 0.15) is 0 Å². The fourth-order valence-electron chi connectivity index (χ4n) is 4.15. The lowest BCUT2D eigenvalue weighted by Crippen LogP contribution is -2.50. The van der Waals surface area contributed by atoms with Gasteiger partial charge in [0.2, 0.25) is 5.95 Å². The van der Waals surface area contributed by atoms with Crippen LogP contribution in [-0.4, -0.2) is 76.6 Å². The summed E-state index contributed by atoms with van der Waals surface area (Å²) in [7, 11) is -0.428. The normalized spacial score (nSPS) is 27.2. The van der Waals surface area contributed by atoms with E-state index in [1.165, 1.54) is 12.8 Å². The van der Waals surface area contributed by atoms with E-state index in [9.17, 15) is 5.11 Å². The molecule has 2 aliphatic heterocycles. The molecule has 3 aliphatic rings. The van der Waals surface area contributed by atoms with Gasteiger partial charge >= 0.3 is 7.12 Å². The Morgan fingerprint density at radius 3 is 2.32 bits per heavy atom. The van der Waals surface area contributed by atoms with Gasteiger partial charge in [-0.2, -0.15) is 0 Å². The van der Waals surface area contributed by atoms with Gasteiger partial charge in [-0.05, 0) is 59.9 Å². The minimum atomic E-state index is -0.428. The zero-order valence-electron chi connectivity index (χ0n) is 17.6. The highest BCUT2D eigenvalue weighted by molar-refractivity contribution is 6.61. The highest BCUT2D eigenvalue weighted by Gasteiger charge is 2.52. The molecule has 1 aliphatic carbocycles. The van der Waals surface area contributed by atoms with Crippen molar-refractivity contribution < 1.29 is 14.4 Å². The summed E-state index contributed by atoms with van der Waals surface area (Å²) in [6.07, 6.45) is 8.43. The topological polar surface area (TPSA) is 71.0 Å². The Kier molecular flexibility index (Phi) is 5.42. The van der Waals surface area contributed by atoms with Gasteiger partial charge in [0.25, 0.3) is 0 Å². The Hall–Kier alpha value is -1.22. The largest absolute Gasteiger partial charge is 0.498 e. The SMILES string of the molecule is CC1(C)OB(c2cnc(N(C3CC3)C3CCCN(CCO)C3)nc2)OC1(C)C. The van der Waals surface area contributed by atoms with Crippen molar-refractivity contribution in [2.75, 3.05) is 31.1 Å². The standard InChI is InChI=1S/C20H33BN4O3/c1-19(2)20(3,4)28-21(27-19)15-12-22-18(23-13-15)25(16-7-8-16)17-6-5-9-24(14-17)10-11-26/h12-13,16-17,26H,5-11,14H2,1-4H3. The molecule has 1 N–H and O–H groups in total. The molecule has 1 aromatic heterocycles. The van der Waals surface area contributed by atoms with Crippen molar-refractivity contribution in [1.29, 1.82) is 0 Å². The summed E-state index contributed by atoms with van der Waals surface area (Å²) in [5.74, 6) is 0.804. The second kappa shape index (κ2) is 7.56. The molecule has 1 saturated carbocycles. The van der Waals surface area contributed by atoms with Crippen molar-refractivity contribution in [3.63, 3.8) is 0 Å².